The van der Waals surface area contributed by atoms with Crippen LogP contribution in [0.2, 0.25) is 0 Å². The quantitative estimate of drug-likeness (QED) is 0.615. The first-order valence-electron chi connectivity index (χ1n) is 6.52. The molecule has 1 amide bonds. The number of benzene rings is 1. The van der Waals surface area contributed by atoms with E-state index in [1.165, 1.54) is 18.2 Å². The second kappa shape index (κ2) is 6.65. The van der Waals surface area contributed by atoms with Crippen LogP contribution in [-0.2, 0) is 0 Å². The van der Waals surface area contributed by atoms with Crippen LogP contribution < -0.4 is 5.32 Å². The summed E-state index contributed by atoms with van der Waals surface area (Å²) >= 11 is 1.95. The molecule has 0 spiro atoms. The molecule has 1 aliphatic rings. The van der Waals surface area contributed by atoms with Crippen LogP contribution in [0.5, 0.6) is 0 Å². The van der Waals surface area contributed by atoms with Gasteiger partial charge in [-0.15, -0.1) is 0 Å². The van der Waals surface area contributed by atoms with Crippen molar-refractivity contribution in [3.63, 3.8) is 0 Å². The molecule has 1 fully saturated rings. The Kier molecular flexibility index (Phi) is 5.15. The molecule has 0 saturated heterocycles. The summed E-state index contributed by atoms with van der Waals surface area (Å²) in [5.41, 5.74) is 0.457. The molecule has 0 radical (unpaired) electrons. The first-order valence-corrected chi connectivity index (χ1v) is 7.60. The van der Waals surface area contributed by atoms with Crippen LogP contribution in [0.3, 0.4) is 0 Å². The smallest absolute Gasteiger partial charge is 0.252 e. The van der Waals surface area contributed by atoms with Gasteiger partial charge in [0, 0.05) is 3.57 Å². The predicted molar refractivity (Wildman–Crippen MR) is 79.5 cm³/mol. The molecule has 0 aromatic heterocycles. The van der Waals surface area contributed by atoms with E-state index in [4.69, 9.17) is 0 Å². The average molecular weight is 377 g/mol. The molecule has 2 rings (SSSR count). The maximum atomic E-state index is 13.0. The van der Waals surface area contributed by atoms with Gasteiger partial charge in [-0.25, -0.2) is 4.39 Å². The molecule has 3 nitrogen and oxygen atoms in total. The Morgan fingerprint density at radius 3 is 2.79 bits per heavy atom. The van der Waals surface area contributed by atoms with Crippen LogP contribution in [-0.4, -0.2) is 23.2 Å². The summed E-state index contributed by atoms with van der Waals surface area (Å²) in [7, 11) is 0. The van der Waals surface area contributed by atoms with Crippen LogP contribution in [0.25, 0.3) is 0 Å². The molecular weight excluding hydrogens is 360 g/mol. The summed E-state index contributed by atoms with van der Waals surface area (Å²) in [6.07, 6.45) is 4.15. The lowest BCUT2D eigenvalue weighted by atomic mass is 10.1. The van der Waals surface area contributed by atoms with E-state index in [9.17, 15) is 14.3 Å². The minimum absolute atomic E-state index is 0.198. The SMILES string of the molecule is O=C(NC1CCCCCC1O)c1ccc(F)cc1I. The molecule has 1 aromatic rings. The number of nitrogens with one attached hydrogen (secondary N) is 1. The van der Waals surface area contributed by atoms with Crippen molar-refractivity contribution in [2.45, 2.75) is 44.2 Å². The zero-order valence-corrected chi connectivity index (χ0v) is 12.7. The van der Waals surface area contributed by atoms with Crippen LogP contribution in [0, 0.1) is 9.39 Å². The van der Waals surface area contributed by atoms with Gasteiger partial charge >= 0.3 is 0 Å². The summed E-state index contributed by atoms with van der Waals surface area (Å²) in [6.45, 7) is 0. The van der Waals surface area contributed by atoms with Crippen molar-refractivity contribution in [3.8, 4) is 0 Å². The Bertz CT molecular complexity index is 467. The number of carbonyl (C=O) groups is 1. The Hall–Kier alpha value is -0.690. The summed E-state index contributed by atoms with van der Waals surface area (Å²) in [5.74, 6) is -0.592. The number of amides is 1. The van der Waals surface area contributed by atoms with Gasteiger partial charge in [0.25, 0.3) is 5.91 Å². The lowest BCUT2D eigenvalue weighted by molar-refractivity contribution is 0.0818. The van der Waals surface area contributed by atoms with E-state index in [0.29, 0.717) is 9.13 Å². The first kappa shape index (κ1) is 14.7. The summed E-state index contributed by atoms with van der Waals surface area (Å²) in [6, 6.07) is 3.89. The van der Waals surface area contributed by atoms with Crippen molar-refractivity contribution < 1.29 is 14.3 Å². The fourth-order valence-electron chi connectivity index (χ4n) is 2.38. The van der Waals surface area contributed by atoms with Gasteiger partial charge in [0.05, 0.1) is 17.7 Å². The van der Waals surface area contributed by atoms with E-state index in [-0.39, 0.29) is 17.8 Å². The molecule has 0 aliphatic heterocycles. The highest BCUT2D eigenvalue weighted by molar-refractivity contribution is 14.1. The number of aliphatic hydroxyl groups excluding tert-OH is 1. The highest BCUT2D eigenvalue weighted by Crippen LogP contribution is 2.19. The number of aliphatic hydroxyl groups is 1. The van der Waals surface area contributed by atoms with E-state index in [0.717, 1.165) is 32.1 Å². The Morgan fingerprint density at radius 1 is 1.32 bits per heavy atom. The molecule has 104 valence electrons. The summed E-state index contributed by atoms with van der Waals surface area (Å²) in [5, 5.41) is 12.9. The fourth-order valence-corrected chi connectivity index (χ4v) is 3.10. The van der Waals surface area contributed by atoms with Gasteiger partial charge in [-0.1, -0.05) is 19.3 Å². The van der Waals surface area contributed by atoms with Crippen LogP contribution in [0.4, 0.5) is 4.39 Å². The third-order valence-electron chi connectivity index (χ3n) is 3.47. The Morgan fingerprint density at radius 2 is 2.05 bits per heavy atom. The van der Waals surface area contributed by atoms with Crippen molar-refractivity contribution in [3.05, 3.63) is 33.1 Å². The fraction of sp³-hybridized carbons (Fsp3) is 0.500. The lowest BCUT2D eigenvalue weighted by Crippen LogP contribution is -2.42. The van der Waals surface area contributed by atoms with Gasteiger partial charge in [0.1, 0.15) is 5.82 Å². The number of hydrogen-bond donors (Lipinski definition) is 2. The molecule has 1 saturated carbocycles. The predicted octanol–water partition coefficient (Wildman–Crippen LogP) is 2.85. The number of carbonyl (C=O) groups excluding carboxylic acids is 1. The van der Waals surface area contributed by atoms with Gasteiger partial charge in [-0.05, 0) is 53.6 Å². The summed E-state index contributed by atoms with van der Waals surface area (Å²) in [4.78, 5) is 12.2. The molecule has 19 heavy (non-hydrogen) atoms. The maximum absolute atomic E-state index is 13.0. The highest BCUT2D eigenvalue weighted by atomic mass is 127. The minimum atomic E-state index is -0.482. The second-order valence-electron chi connectivity index (χ2n) is 4.91. The largest absolute Gasteiger partial charge is 0.391 e. The van der Waals surface area contributed by atoms with Gasteiger partial charge in [-0.3, -0.25) is 4.79 Å². The second-order valence-corrected chi connectivity index (χ2v) is 6.07. The molecule has 2 unspecified atom stereocenters. The van der Waals surface area contributed by atoms with E-state index in [1.807, 2.05) is 22.6 Å². The molecular formula is C14H17FINO2. The third-order valence-corrected chi connectivity index (χ3v) is 4.36. The topological polar surface area (TPSA) is 49.3 Å². The van der Waals surface area contributed by atoms with E-state index >= 15 is 0 Å². The van der Waals surface area contributed by atoms with E-state index < -0.39 is 6.10 Å². The molecule has 2 atom stereocenters. The van der Waals surface area contributed by atoms with Gasteiger partial charge in [-0.2, -0.15) is 0 Å². The number of rotatable bonds is 2. The zero-order valence-electron chi connectivity index (χ0n) is 10.5. The summed E-state index contributed by atoms with van der Waals surface area (Å²) < 4.78 is 13.6. The number of halogens is 2. The van der Waals surface area contributed by atoms with Crippen LogP contribution in [0.1, 0.15) is 42.5 Å². The van der Waals surface area contributed by atoms with Crippen LogP contribution >= 0.6 is 22.6 Å². The van der Waals surface area contributed by atoms with Gasteiger partial charge in [0.2, 0.25) is 0 Å². The molecule has 0 heterocycles. The monoisotopic (exact) mass is 377 g/mol. The maximum Gasteiger partial charge on any atom is 0.252 e. The van der Waals surface area contributed by atoms with E-state index in [2.05, 4.69) is 5.32 Å². The first-order chi connectivity index (χ1) is 9.08. The normalized spacial score (nSPS) is 23.7. The minimum Gasteiger partial charge on any atom is -0.391 e. The standard InChI is InChI=1S/C14H17FINO2/c15-9-6-7-10(11(16)8-9)14(19)17-12-4-2-1-3-5-13(12)18/h6-8,12-13,18H,1-5H2,(H,17,19). The molecule has 2 N–H and O–H groups in total. The third kappa shape index (κ3) is 3.89. The lowest BCUT2D eigenvalue weighted by Gasteiger charge is -2.22. The van der Waals surface area contributed by atoms with Crippen molar-refractivity contribution in [1.82, 2.24) is 5.32 Å². The molecule has 5 heteroatoms. The van der Waals surface area contributed by atoms with Crippen molar-refractivity contribution in [2.75, 3.05) is 0 Å². The molecule has 1 aromatic carbocycles. The van der Waals surface area contributed by atoms with Crippen molar-refractivity contribution >= 4 is 28.5 Å². The highest BCUT2D eigenvalue weighted by Gasteiger charge is 2.24. The molecule has 1 aliphatic carbocycles. The zero-order chi connectivity index (χ0) is 13.8. The van der Waals surface area contributed by atoms with Gasteiger partial charge < -0.3 is 10.4 Å². The van der Waals surface area contributed by atoms with Gasteiger partial charge in [0.15, 0.2) is 0 Å². The Labute approximate surface area is 125 Å². The van der Waals surface area contributed by atoms with Crippen LogP contribution in [0.15, 0.2) is 18.2 Å². The van der Waals surface area contributed by atoms with Crippen molar-refractivity contribution in [2.24, 2.45) is 0 Å². The average Bonchev–Trinajstić information content (AvgIpc) is 2.55. The number of hydrogen-bond acceptors (Lipinski definition) is 2. The van der Waals surface area contributed by atoms with E-state index in [1.54, 1.807) is 0 Å². The molecule has 0 bridgehead atoms. The Balaban J connectivity index is 2.07. The van der Waals surface area contributed by atoms with Crippen molar-refractivity contribution in [1.29, 1.82) is 0 Å².